The van der Waals surface area contributed by atoms with E-state index in [2.05, 4.69) is 5.32 Å². The molecule has 1 aliphatic heterocycles. The number of nitrogens with one attached hydrogen (secondary N) is 1. The van der Waals surface area contributed by atoms with Crippen molar-refractivity contribution in [2.24, 2.45) is 0 Å². The van der Waals surface area contributed by atoms with Crippen LogP contribution in [0.15, 0.2) is 42.5 Å². The van der Waals surface area contributed by atoms with Crippen LogP contribution in [0.25, 0.3) is 0 Å². The van der Waals surface area contributed by atoms with Gasteiger partial charge in [-0.3, -0.25) is 4.79 Å². The van der Waals surface area contributed by atoms with Crippen LogP contribution in [0.5, 0.6) is 0 Å². The second kappa shape index (κ2) is 11.5. The second-order valence-electron chi connectivity index (χ2n) is 7.01. The van der Waals surface area contributed by atoms with E-state index in [1.54, 1.807) is 48.2 Å². The van der Waals surface area contributed by atoms with Crippen LogP contribution in [-0.2, 0) is 26.3 Å². The predicted octanol–water partition coefficient (Wildman–Crippen LogP) is 3.82. The number of hydrogen-bond donors (Lipinski definition) is 1. The summed E-state index contributed by atoms with van der Waals surface area (Å²) in [5.41, 5.74) is 2.15. The molecule has 1 N–H and O–H groups in total. The zero-order valence-corrected chi connectivity index (χ0v) is 20.0. The van der Waals surface area contributed by atoms with Crippen molar-refractivity contribution in [3.05, 3.63) is 69.2 Å². The molecule has 0 saturated carbocycles. The van der Waals surface area contributed by atoms with Crippen molar-refractivity contribution in [3.8, 4) is 0 Å². The van der Waals surface area contributed by atoms with E-state index in [1.165, 1.54) is 4.31 Å². The molecule has 2 aromatic carbocycles. The van der Waals surface area contributed by atoms with Crippen LogP contribution in [-0.4, -0.2) is 57.2 Å². The lowest BCUT2D eigenvalue weighted by Gasteiger charge is -2.26. The lowest BCUT2D eigenvalue weighted by atomic mass is 10.1. The number of amides is 1. The standard InChI is InChI=1S/C21H24Cl2N2O4S2/c22-19-6-5-18(20(23)13-19)14-30-12-7-24-21(26)17-3-1-16(2-4-17)15-31(27,28)25-8-10-29-11-9-25/h1-6,13H,7-12,14-15H2,(H,24,26). The molecule has 31 heavy (non-hydrogen) atoms. The van der Waals surface area contributed by atoms with Gasteiger partial charge in [0, 0.05) is 46.7 Å². The Bertz CT molecular complexity index is 995. The maximum Gasteiger partial charge on any atom is 0.251 e. The molecule has 2 aromatic rings. The number of benzene rings is 2. The molecule has 0 atom stereocenters. The first kappa shape index (κ1) is 24.4. The Kier molecular flexibility index (Phi) is 9.06. The SMILES string of the molecule is O=C(NCCSCc1ccc(Cl)cc1Cl)c1ccc(CS(=O)(=O)N2CCOCC2)cc1. The van der Waals surface area contributed by atoms with Crippen molar-refractivity contribution in [1.82, 2.24) is 9.62 Å². The Labute approximate surface area is 197 Å². The van der Waals surface area contributed by atoms with Gasteiger partial charge in [0.15, 0.2) is 0 Å². The predicted molar refractivity (Wildman–Crippen MR) is 126 cm³/mol. The zero-order chi connectivity index (χ0) is 22.3. The van der Waals surface area contributed by atoms with E-state index in [9.17, 15) is 13.2 Å². The highest BCUT2D eigenvalue weighted by Crippen LogP contribution is 2.24. The van der Waals surface area contributed by atoms with Crippen molar-refractivity contribution in [1.29, 1.82) is 0 Å². The molecule has 3 rings (SSSR count). The van der Waals surface area contributed by atoms with Crippen molar-refractivity contribution in [3.63, 3.8) is 0 Å². The van der Waals surface area contributed by atoms with Gasteiger partial charge in [-0.05, 0) is 35.4 Å². The number of rotatable bonds is 9. The molecule has 0 bridgehead atoms. The van der Waals surface area contributed by atoms with E-state index in [-0.39, 0.29) is 11.7 Å². The van der Waals surface area contributed by atoms with Gasteiger partial charge in [0.05, 0.1) is 19.0 Å². The molecular formula is C21H24Cl2N2O4S2. The average Bonchev–Trinajstić information content (AvgIpc) is 2.75. The third-order valence-corrected chi connectivity index (χ3v) is 8.18. The topological polar surface area (TPSA) is 75.7 Å². The molecule has 10 heteroatoms. The highest BCUT2D eigenvalue weighted by atomic mass is 35.5. The fourth-order valence-corrected chi connectivity index (χ4v) is 5.96. The van der Waals surface area contributed by atoms with Gasteiger partial charge >= 0.3 is 0 Å². The highest BCUT2D eigenvalue weighted by molar-refractivity contribution is 7.98. The first-order chi connectivity index (χ1) is 14.8. The number of nitrogens with zero attached hydrogens (tertiary/aromatic N) is 1. The summed E-state index contributed by atoms with van der Waals surface area (Å²) in [6, 6.07) is 12.1. The maximum absolute atomic E-state index is 12.5. The number of halogens is 2. The van der Waals surface area contributed by atoms with Gasteiger partial charge in [-0.15, -0.1) is 0 Å². The first-order valence-corrected chi connectivity index (χ1v) is 13.3. The Morgan fingerprint density at radius 3 is 2.48 bits per heavy atom. The lowest BCUT2D eigenvalue weighted by Crippen LogP contribution is -2.41. The van der Waals surface area contributed by atoms with Crippen LogP contribution in [0.1, 0.15) is 21.5 Å². The van der Waals surface area contributed by atoms with E-state index in [0.717, 1.165) is 17.1 Å². The highest BCUT2D eigenvalue weighted by Gasteiger charge is 2.24. The molecule has 1 amide bonds. The minimum absolute atomic E-state index is 0.0845. The summed E-state index contributed by atoms with van der Waals surface area (Å²) in [6.45, 7) is 2.12. The number of hydrogen-bond acceptors (Lipinski definition) is 5. The molecule has 6 nitrogen and oxygen atoms in total. The Morgan fingerprint density at radius 1 is 1.10 bits per heavy atom. The van der Waals surface area contributed by atoms with Gasteiger partial charge in [-0.25, -0.2) is 8.42 Å². The van der Waals surface area contributed by atoms with Crippen LogP contribution >= 0.6 is 35.0 Å². The normalized spacial score (nSPS) is 15.0. The van der Waals surface area contributed by atoms with Gasteiger partial charge in [-0.1, -0.05) is 41.4 Å². The third-order valence-electron chi connectivity index (χ3n) is 4.73. The summed E-state index contributed by atoms with van der Waals surface area (Å²) in [4.78, 5) is 12.3. The molecule has 0 aromatic heterocycles. The summed E-state index contributed by atoms with van der Waals surface area (Å²) in [6.07, 6.45) is 0. The molecule has 0 spiro atoms. The van der Waals surface area contributed by atoms with Gasteiger partial charge in [-0.2, -0.15) is 16.1 Å². The van der Waals surface area contributed by atoms with E-state index < -0.39 is 10.0 Å². The lowest BCUT2D eigenvalue weighted by molar-refractivity contribution is 0.0729. The fraction of sp³-hybridized carbons (Fsp3) is 0.381. The monoisotopic (exact) mass is 502 g/mol. The molecule has 0 aliphatic carbocycles. The molecule has 168 valence electrons. The summed E-state index contributed by atoms with van der Waals surface area (Å²) >= 11 is 13.7. The fourth-order valence-electron chi connectivity index (χ4n) is 3.04. The molecule has 0 unspecified atom stereocenters. The van der Waals surface area contributed by atoms with Crippen LogP contribution in [0.2, 0.25) is 10.0 Å². The molecule has 1 saturated heterocycles. The number of morpholine rings is 1. The van der Waals surface area contributed by atoms with Crippen LogP contribution in [0.3, 0.4) is 0 Å². The number of ether oxygens (including phenoxy) is 1. The summed E-state index contributed by atoms with van der Waals surface area (Å²) in [5, 5.41) is 4.12. The van der Waals surface area contributed by atoms with E-state index in [1.807, 2.05) is 6.07 Å². The van der Waals surface area contributed by atoms with Gasteiger partial charge in [0.1, 0.15) is 0 Å². The van der Waals surface area contributed by atoms with E-state index >= 15 is 0 Å². The third kappa shape index (κ3) is 7.37. The molecular weight excluding hydrogens is 479 g/mol. The second-order valence-corrected chi connectivity index (χ2v) is 10.9. The Morgan fingerprint density at radius 2 is 1.81 bits per heavy atom. The van der Waals surface area contributed by atoms with Gasteiger partial charge in [0.2, 0.25) is 10.0 Å². The van der Waals surface area contributed by atoms with E-state index in [4.69, 9.17) is 27.9 Å². The number of sulfonamides is 1. The minimum Gasteiger partial charge on any atom is -0.379 e. The number of carbonyl (C=O) groups excluding carboxylic acids is 1. The molecule has 1 fully saturated rings. The maximum atomic E-state index is 12.5. The van der Waals surface area contributed by atoms with Crippen LogP contribution < -0.4 is 5.32 Å². The zero-order valence-electron chi connectivity index (χ0n) is 16.9. The Balaban J connectivity index is 1.42. The first-order valence-electron chi connectivity index (χ1n) is 9.79. The van der Waals surface area contributed by atoms with Gasteiger partial charge < -0.3 is 10.1 Å². The van der Waals surface area contributed by atoms with Crippen molar-refractivity contribution >= 4 is 50.9 Å². The van der Waals surface area contributed by atoms with E-state index in [0.29, 0.717) is 54.0 Å². The van der Waals surface area contributed by atoms with Crippen molar-refractivity contribution in [2.75, 3.05) is 38.6 Å². The smallest absolute Gasteiger partial charge is 0.251 e. The molecule has 1 heterocycles. The number of thioether (sulfide) groups is 1. The minimum atomic E-state index is -3.39. The van der Waals surface area contributed by atoms with Crippen LogP contribution in [0, 0.1) is 0 Å². The van der Waals surface area contributed by atoms with Gasteiger partial charge in [0.25, 0.3) is 5.91 Å². The summed E-state index contributed by atoms with van der Waals surface area (Å²) in [7, 11) is -3.39. The molecule has 1 aliphatic rings. The van der Waals surface area contributed by atoms with Crippen molar-refractivity contribution in [2.45, 2.75) is 11.5 Å². The summed E-state index contributed by atoms with van der Waals surface area (Å²) < 4.78 is 31.6. The largest absolute Gasteiger partial charge is 0.379 e. The average molecular weight is 503 g/mol. The Hall–Kier alpha value is -1.29. The number of carbonyl (C=O) groups is 1. The summed E-state index contributed by atoms with van der Waals surface area (Å²) in [5.74, 6) is 1.20. The van der Waals surface area contributed by atoms with Crippen molar-refractivity contribution < 1.29 is 17.9 Å². The quantitative estimate of drug-likeness (QED) is 0.527. The van der Waals surface area contributed by atoms with Crippen LogP contribution in [0.4, 0.5) is 0 Å². The molecule has 0 radical (unpaired) electrons.